The van der Waals surface area contributed by atoms with Gasteiger partial charge < -0.3 is 10.1 Å². The summed E-state index contributed by atoms with van der Waals surface area (Å²) in [4.78, 5) is 22.7. The molecule has 0 saturated heterocycles. The Bertz CT molecular complexity index is 503. The maximum Gasteiger partial charge on any atom is 0.338 e. The van der Waals surface area contributed by atoms with Gasteiger partial charge in [0.15, 0.2) is 6.61 Å². The minimum absolute atomic E-state index is 0.241. The highest BCUT2D eigenvalue weighted by Gasteiger charge is 2.10. The molecule has 0 unspecified atom stereocenters. The monoisotopic (exact) mass is 244 g/mol. The normalized spacial score (nSPS) is 9.06. The van der Waals surface area contributed by atoms with Crippen LogP contribution in [0.25, 0.3) is 0 Å². The van der Waals surface area contributed by atoms with Crippen LogP contribution in [0.4, 0.5) is 0 Å². The van der Waals surface area contributed by atoms with Crippen molar-refractivity contribution in [2.75, 3.05) is 13.2 Å². The number of hydrogen-bond acceptors (Lipinski definition) is 4. The lowest BCUT2D eigenvalue weighted by atomic mass is 10.1. The van der Waals surface area contributed by atoms with Gasteiger partial charge in [0.1, 0.15) is 0 Å². The van der Waals surface area contributed by atoms with Crippen molar-refractivity contribution < 1.29 is 14.3 Å². The molecule has 1 rings (SSSR count). The molecule has 1 N–H and O–H groups in total. The van der Waals surface area contributed by atoms with E-state index in [4.69, 9.17) is 10.00 Å². The quantitative estimate of drug-likeness (QED) is 0.619. The third-order valence-corrected chi connectivity index (χ3v) is 2.01. The maximum absolute atomic E-state index is 11.6. The summed E-state index contributed by atoms with van der Waals surface area (Å²) in [5, 5.41) is 11.2. The van der Waals surface area contributed by atoms with Gasteiger partial charge in [-0.05, 0) is 18.2 Å². The topological polar surface area (TPSA) is 79.2 Å². The number of nitrogens with one attached hydrogen (secondary N) is 1. The Morgan fingerprint density at radius 1 is 1.50 bits per heavy atom. The van der Waals surface area contributed by atoms with Gasteiger partial charge in [-0.3, -0.25) is 4.79 Å². The molecule has 0 aliphatic heterocycles. The van der Waals surface area contributed by atoms with E-state index >= 15 is 0 Å². The van der Waals surface area contributed by atoms with E-state index in [2.05, 4.69) is 11.9 Å². The molecule has 0 heterocycles. The van der Waals surface area contributed by atoms with Gasteiger partial charge >= 0.3 is 5.97 Å². The summed E-state index contributed by atoms with van der Waals surface area (Å²) < 4.78 is 4.79. The van der Waals surface area contributed by atoms with E-state index in [0.29, 0.717) is 12.1 Å². The van der Waals surface area contributed by atoms with Crippen LogP contribution < -0.4 is 5.32 Å². The van der Waals surface area contributed by atoms with Crippen molar-refractivity contribution in [2.45, 2.75) is 0 Å². The van der Waals surface area contributed by atoms with E-state index in [9.17, 15) is 9.59 Å². The summed E-state index contributed by atoms with van der Waals surface area (Å²) in [7, 11) is 0. The second-order valence-corrected chi connectivity index (χ2v) is 3.36. The number of ether oxygens (including phenoxy) is 1. The van der Waals surface area contributed by atoms with Gasteiger partial charge in [-0.25, -0.2) is 4.79 Å². The predicted octanol–water partition coefficient (Wildman–Crippen LogP) is 1.02. The largest absolute Gasteiger partial charge is 0.452 e. The van der Waals surface area contributed by atoms with Gasteiger partial charge in [-0.15, -0.1) is 6.58 Å². The number of rotatable bonds is 5. The highest BCUT2D eigenvalue weighted by Crippen LogP contribution is 2.05. The molecule has 0 fully saturated rings. The number of esters is 1. The van der Waals surface area contributed by atoms with Crippen molar-refractivity contribution >= 4 is 11.9 Å². The van der Waals surface area contributed by atoms with Crippen molar-refractivity contribution in [1.29, 1.82) is 5.26 Å². The standard InChI is InChI=1S/C13H12N2O3/c1-2-6-15-12(16)9-18-13(17)11-5-3-4-10(7-11)8-14/h2-5,7H,1,6,9H2,(H,15,16). The average Bonchev–Trinajstić information content (AvgIpc) is 2.42. The minimum atomic E-state index is -0.638. The Hall–Kier alpha value is -2.61. The van der Waals surface area contributed by atoms with Crippen LogP contribution in [-0.4, -0.2) is 25.0 Å². The van der Waals surface area contributed by atoms with Crippen LogP contribution in [0.5, 0.6) is 0 Å². The van der Waals surface area contributed by atoms with Gasteiger partial charge in [0.25, 0.3) is 5.91 Å². The van der Waals surface area contributed by atoms with Crippen LogP contribution >= 0.6 is 0 Å². The van der Waals surface area contributed by atoms with Crippen LogP contribution in [0, 0.1) is 11.3 Å². The number of carbonyl (C=O) groups is 2. The number of nitriles is 1. The zero-order valence-corrected chi connectivity index (χ0v) is 9.68. The van der Waals surface area contributed by atoms with Crippen LogP contribution in [0.1, 0.15) is 15.9 Å². The smallest absolute Gasteiger partial charge is 0.338 e. The van der Waals surface area contributed by atoms with E-state index in [0.717, 1.165) is 0 Å². The Balaban J connectivity index is 2.52. The number of carbonyl (C=O) groups excluding carboxylic acids is 2. The first-order chi connectivity index (χ1) is 8.67. The summed E-state index contributed by atoms with van der Waals surface area (Å²) in [6, 6.07) is 8.00. The van der Waals surface area contributed by atoms with E-state index in [1.165, 1.54) is 18.2 Å². The summed E-state index contributed by atoms with van der Waals surface area (Å²) in [6.45, 7) is 3.40. The van der Waals surface area contributed by atoms with Crippen molar-refractivity contribution in [3.8, 4) is 6.07 Å². The fraction of sp³-hybridized carbons (Fsp3) is 0.154. The molecule has 18 heavy (non-hydrogen) atoms. The Labute approximate surface area is 105 Å². The van der Waals surface area contributed by atoms with Crippen molar-refractivity contribution in [3.05, 3.63) is 48.0 Å². The lowest BCUT2D eigenvalue weighted by molar-refractivity contribution is -0.124. The molecular weight excluding hydrogens is 232 g/mol. The summed E-state index contributed by atoms with van der Waals surface area (Å²) in [6.07, 6.45) is 1.52. The Kier molecular flexibility index (Phi) is 5.13. The number of nitrogens with zero attached hydrogens (tertiary/aromatic N) is 1. The molecule has 1 amide bonds. The maximum atomic E-state index is 11.6. The molecule has 0 bridgehead atoms. The van der Waals surface area contributed by atoms with E-state index in [1.54, 1.807) is 12.1 Å². The SMILES string of the molecule is C=CCNC(=O)COC(=O)c1cccc(C#N)c1. The Morgan fingerprint density at radius 3 is 2.94 bits per heavy atom. The van der Waals surface area contributed by atoms with Crippen molar-refractivity contribution in [1.82, 2.24) is 5.32 Å². The van der Waals surface area contributed by atoms with Crippen LogP contribution in [-0.2, 0) is 9.53 Å². The highest BCUT2D eigenvalue weighted by atomic mass is 16.5. The van der Waals surface area contributed by atoms with Gasteiger partial charge in [0.2, 0.25) is 0 Å². The summed E-state index contributed by atoms with van der Waals surface area (Å²) in [5.41, 5.74) is 0.603. The van der Waals surface area contributed by atoms with E-state index in [1.807, 2.05) is 6.07 Å². The molecule has 92 valence electrons. The lowest BCUT2D eigenvalue weighted by Gasteiger charge is -2.05. The van der Waals surface area contributed by atoms with Gasteiger partial charge in [-0.1, -0.05) is 12.1 Å². The van der Waals surface area contributed by atoms with E-state index < -0.39 is 11.9 Å². The molecule has 0 spiro atoms. The fourth-order valence-electron chi connectivity index (χ4n) is 1.17. The molecule has 0 saturated carbocycles. The molecule has 0 radical (unpaired) electrons. The van der Waals surface area contributed by atoms with Crippen LogP contribution in [0.2, 0.25) is 0 Å². The molecule has 1 aromatic rings. The van der Waals surface area contributed by atoms with Crippen LogP contribution in [0.3, 0.4) is 0 Å². The third-order valence-electron chi connectivity index (χ3n) is 2.01. The number of hydrogen-bond donors (Lipinski definition) is 1. The molecule has 0 aliphatic carbocycles. The molecular formula is C13H12N2O3. The molecule has 5 nitrogen and oxygen atoms in total. The summed E-state index contributed by atoms with van der Waals surface area (Å²) >= 11 is 0. The highest BCUT2D eigenvalue weighted by molar-refractivity contribution is 5.91. The first-order valence-electron chi connectivity index (χ1n) is 5.22. The van der Waals surface area contributed by atoms with Gasteiger partial charge in [0, 0.05) is 6.54 Å². The zero-order chi connectivity index (χ0) is 13.4. The predicted molar refractivity (Wildman–Crippen MR) is 64.6 cm³/mol. The second-order valence-electron chi connectivity index (χ2n) is 3.36. The molecule has 1 aromatic carbocycles. The number of amides is 1. The molecule has 0 atom stereocenters. The summed E-state index contributed by atoms with van der Waals surface area (Å²) in [5.74, 6) is -1.04. The molecule has 5 heteroatoms. The average molecular weight is 244 g/mol. The van der Waals surface area contributed by atoms with Crippen molar-refractivity contribution in [2.24, 2.45) is 0 Å². The van der Waals surface area contributed by atoms with Gasteiger partial charge in [0.05, 0.1) is 17.2 Å². The zero-order valence-electron chi connectivity index (χ0n) is 9.68. The Morgan fingerprint density at radius 2 is 2.28 bits per heavy atom. The second kappa shape index (κ2) is 6.86. The molecule has 0 aliphatic rings. The first kappa shape index (κ1) is 13.5. The van der Waals surface area contributed by atoms with Crippen LogP contribution in [0.15, 0.2) is 36.9 Å². The van der Waals surface area contributed by atoms with Crippen molar-refractivity contribution in [3.63, 3.8) is 0 Å². The first-order valence-corrected chi connectivity index (χ1v) is 5.22. The fourth-order valence-corrected chi connectivity index (χ4v) is 1.17. The number of benzene rings is 1. The van der Waals surface area contributed by atoms with Gasteiger partial charge in [-0.2, -0.15) is 5.26 Å². The minimum Gasteiger partial charge on any atom is -0.452 e. The molecule has 0 aromatic heterocycles. The third kappa shape index (κ3) is 4.10. The lowest BCUT2D eigenvalue weighted by Crippen LogP contribution is -2.28. The van der Waals surface area contributed by atoms with E-state index in [-0.39, 0.29) is 12.2 Å².